The van der Waals surface area contributed by atoms with Crippen LogP contribution in [0.25, 0.3) is 0 Å². The summed E-state index contributed by atoms with van der Waals surface area (Å²) in [5, 5.41) is 3.01. The highest BCUT2D eigenvalue weighted by molar-refractivity contribution is 14.1. The summed E-state index contributed by atoms with van der Waals surface area (Å²) in [6.07, 6.45) is 2.37. The van der Waals surface area contributed by atoms with Crippen LogP contribution in [0.3, 0.4) is 0 Å². The first-order valence-corrected chi connectivity index (χ1v) is 8.88. The summed E-state index contributed by atoms with van der Waals surface area (Å²) in [6.45, 7) is 8.92. The van der Waals surface area contributed by atoms with Gasteiger partial charge in [0.05, 0.1) is 0 Å². The van der Waals surface area contributed by atoms with Gasteiger partial charge in [0.25, 0.3) is 5.91 Å². The van der Waals surface area contributed by atoms with Gasteiger partial charge in [-0.2, -0.15) is 0 Å². The van der Waals surface area contributed by atoms with E-state index in [0.29, 0.717) is 0 Å². The van der Waals surface area contributed by atoms with Crippen LogP contribution < -0.4 is 5.32 Å². The average molecular weight is 400 g/mol. The van der Waals surface area contributed by atoms with Crippen LogP contribution in [0.5, 0.6) is 0 Å². The molecule has 1 amide bonds. The number of carbonyl (C=O) groups excluding carboxylic acids is 1. The Balaban J connectivity index is 1.67. The predicted octanol–water partition coefficient (Wildman–Crippen LogP) is 3.39. The second kappa shape index (κ2) is 8.13. The summed E-state index contributed by atoms with van der Waals surface area (Å²) in [5.74, 6) is 1.64. The molecule has 2 atom stereocenters. The second-order valence-corrected chi connectivity index (χ2v) is 7.57. The molecule has 2 rings (SSSR count). The van der Waals surface area contributed by atoms with Crippen molar-refractivity contribution < 1.29 is 4.79 Å². The Morgan fingerprint density at radius 3 is 2.48 bits per heavy atom. The van der Waals surface area contributed by atoms with E-state index in [2.05, 4.69) is 46.7 Å². The molecule has 1 fully saturated rings. The highest BCUT2D eigenvalue weighted by Crippen LogP contribution is 2.20. The minimum absolute atomic E-state index is 0.0341. The molecule has 1 aliphatic heterocycles. The third kappa shape index (κ3) is 5.58. The molecule has 21 heavy (non-hydrogen) atoms. The highest BCUT2D eigenvalue weighted by atomic mass is 127. The fraction of sp³-hybridized carbons (Fsp3) is 0.588. The molecule has 1 N–H and O–H groups in total. The fourth-order valence-corrected chi connectivity index (χ4v) is 3.54. The molecule has 116 valence electrons. The van der Waals surface area contributed by atoms with Crippen LogP contribution in [0.4, 0.5) is 0 Å². The van der Waals surface area contributed by atoms with Gasteiger partial charge in [-0.3, -0.25) is 4.79 Å². The molecule has 1 aromatic rings. The van der Waals surface area contributed by atoms with Crippen molar-refractivity contribution in [3.05, 3.63) is 33.4 Å². The number of piperidine rings is 1. The van der Waals surface area contributed by atoms with Crippen molar-refractivity contribution in [3.8, 4) is 0 Å². The van der Waals surface area contributed by atoms with Gasteiger partial charge < -0.3 is 10.2 Å². The molecule has 0 bridgehead atoms. The summed E-state index contributed by atoms with van der Waals surface area (Å²) in [5.41, 5.74) is 0.746. The number of likely N-dealkylation sites (tertiary alicyclic amines) is 1. The third-order valence-corrected chi connectivity index (χ3v) is 4.71. The second-order valence-electron chi connectivity index (χ2n) is 6.32. The Bertz CT molecular complexity index is 450. The van der Waals surface area contributed by atoms with Crippen molar-refractivity contribution in [2.75, 3.05) is 26.2 Å². The molecule has 1 aromatic carbocycles. The van der Waals surface area contributed by atoms with Crippen LogP contribution in [0.15, 0.2) is 24.3 Å². The lowest BCUT2D eigenvalue weighted by atomic mass is 9.92. The molecule has 1 aliphatic rings. The van der Waals surface area contributed by atoms with E-state index < -0.39 is 0 Å². The van der Waals surface area contributed by atoms with Gasteiger partial charge in [-0.15, -0.1) is 0 Å². The zero-order valence-corrected chi connectivity index (χ0v) is 15.1. The van der Waals surface area contributed by atoms with Gasteiger partial charge in [-0.05, 0) is 78.1 Å². The zero-order chi connectivity index (χ0) is 15.2. The lowest BCUT2D eigenvalue weighted by Gasteiger charge is -2.34. The molecule has 0 aromatic heterocycles. The van der Waals surface area contributed by atoms with Gasteiger partial charge in [-0.1, -0.05) is 13.8 Å². The lowest BCUT2D eigenvalue weighted by molar-refractivity contribution is 0.0947. The largest absolute Gasteiger partial charge is 0.352 e. The Morgan fingerprint density at radius 2 is 1.86 bits per heavy atom. The van der Waals surface area contributed by atoms with Crippen LogP contribution in [0.1, 0.15) is 37.0 Å². The Morgan fingerprint density at radius 1 is 1.24 bits per heavy atom. The fourth-order valence-electron chi connectivity index (χ4n) is 3.18. The van der Waals surface area contributed by atoms with Crippen molar-refractivity contribution in [3.63, 3.8) is 0 Å². The highest BCUT2D eigenvalue weighted by Gasteiger charge is 2.20. The van der Waals surface area contributed by atoms with Crippen molar-refractivity contribution in [2.45, 2.75) is 26.7 Å². The first-order valence-electron chi connectivity index (χ1n) is 7.80. The van der Waals surface area contributed by atoms with Gasteiger partial charge in [0.15, 0.2) is 0 Å². The van der Waals surface area contributed by atoms with Crippen molar-refractivity contribution >= 4 is 28.5 Å². The van der Waals surface area contributed by atoms with E-state index in [1.165, 1.54) is 19.5 Å². The van der Waals surface area contributed by atoms with Crippen molar-refractivity contribution in [1.82, 2.24) is 10.2 Å². The smallest absolute Gasteiger partial charge is 0.251 e. The van der Waals surface area contributed by atoms with E-state index in [-0.39, 0.29) is 5.91 Å². The monoisotopic (exact) mass is 400 g/mol. The first kappa shape index (κ1) is 16.7. The van der Waals surface area contributed by atoms with Gasteiger partial charge in [-0.25, -0.2) is 0 Å². The van der Waals surface area contributed by atoms with E-state index in [9.17, 15) is 4.79 Å². The Hall–Kier alpha value is -0.620. The number of nitrogens with one attached hydrogen (secondary N) is 1. The number of carbonyl (C=O) groups is 1. The maximum Gasteiger partial charge on any atom is 0.251 e. The molecule has 0 spiro atoms. The minimum atomic E-state index is 0.0341. The molecule has 0 saturated carbocycles. The standard InChI is InChI=1S/C17H25IN2O/c1-13-10-14(2)12-20(11-13)9-3-8-19-17(21)15-4-6-16(18)7-5-15/h4-7,13-14H,3,8-12H2,1-2H3,(H,19,21)/t13-,14-/m0/s1. The molecule has 0 unspecified atom stereocenters. The minimum Gasteiger partial charge on any atom is -0.352 e. The summed E-state index contributed by atoms with van der Waals surface area (Å²) in [4.78, 5) is 14.5. The molecule has 4 heteroatoms. The summed E-state index contributed by atoms with van der Waals surface area (Å²) in [6, 6.07) is 7.69. The number of benzene rings is 1. The van der Waals surface area contributed by atoms with E-state index >= 15 is 0 Å². The lowest BCUT2D eigenvalue weighted by Crippen LogP contribution is -2.40. The first-order chi connectivity index (χ1) is 10.0. The van der Waals surface area contributed by atoms with E-state index in [4.69, 9.17) is 0 Å². The summed E-state index contributed by atoms with van der Waals surface area (Å²) < 4.78 is 1.15. The Labute approximate surface area is 141 Å². The number of amides is 1. The van der Waals surface area contributed by atoms with Crippen LogP contribution in [0, 0.1) is 15.4 Å². The maximum atomic E-state index is 12.0. The van der Waals surface area contributed by atoms with Crippen LogP contribution >= 0.6 is 22.6 Å². The number of halogens is 1. The zero-order valence-electron chi connectivity index (χ0n) is 12.9. The van der Waals surface area contributed by atoms with Crippen LogP contribution in [0.2, 0.25) is 0 Å². The molecule has 0 aliphatic carbocycles. The molecular weight excluding hydrogens is 375 g/mol. The van der Waals surface area contributed by atoms with Crippen LogP contribution in [-0.2, 0) is 0 Å². The SMILES string of the molecule is C[C@H]1C[C@H](C)CN(CCCNC(=O)c2ccc(I)cc2)C1. The normalized spacial score (nSPS) is 23.0. The van der Waals surface area contributed by atoms with Crippen LogP contribution in [-0.4, -0.2) is 37.0 Å². The summed E-state index contributed by atoms with van der Waals surface area (Å²) >= 11 is 2.25. The average Bonchev–Trinajstić information content (AvgIpc) is 2.43. The Kier molecular flexibility index (Phi) is 6.48. The predicted molar refractivity (Wildman–Crippen MR) is 95.5 cm³/mol. The van der Waals surface area contributed by atoms with Gasteiger partial charge in [0.1, 0.15) is 0 Å². The number of hydrogen-bond donors (Lipinski definition) is 1. The van der Waals surface area contributed by atoms with Crippen molar-refractivity contribution in [2.24, 2.45) is 11.8 Å². The molecule has 1 heterocycles. The van der Waals surface area contributed by atoms with Gasteiger partial charge in [0, 0.05) is 28.8 Å². The molecule has 3 nitrogen and oxygen atoms in total. The topological polar surface area (TPSA) is 32.3 Å². The van der Waals surface area contributed by atoms with Gasteiger partial charge >= 0.3 is 0 Å². The molecule has 0 radical (unpaired) electrons. The molecular formula is C17H25IN2O. The van der Waals surface area contributed by atoms with E-state index in [1.807, 2.05) is 24.3 Å². The number of nitrogens with zero attached hydrogens (tertiary/aromatic N) is 1. The maximum absolute atomic E-state index is 12.0. The third-order valence-electron chi connectivity index (χ3n) is 3.99. The van der Waals surface area contributed by atoms with Crippen molar-refractivity contribution in [1.29, 1.82) is 0 Å². The van der Waals surface area contributed by atoms with E-state index in [1.54, 1.807) is 0 Å². The van der Waals surface area contributed by atoms with Gasteiger partial charge in [0.2, 0.25) is 0 Å². The molecule has 1 saturated heterocycles. The summed E-state index contributed by atoms with van der Waals surface area (Å²) in [7, 11) is 0. The van der Waals surface area contributed by atoms with E-state index in [0.717, 1.165) is 40.5 Å². The number of hydrogen-bond acceptors (Lipinski definition) is 2. The quantitative estimate of drug-likeness (QED) is 0.607. The number of rotatable bonds is 5.